The van der Waals surface area contributed by atoms with Gasteiger partial charge in [0.15, 0.2) is 0 Å². The van der Waals surface area contributed by atoms with Crippen molar-refractivity contribution in [1.82, 2.24) is 5.32 Å². The molecule has 4 nitrogen and oxygen atoms in total. The van der Waals surface area contributed by atoms with E-state index in [9.17, 15) is 4.79 Å². The number of benzene rings is 1. The van der Waals surface area contributed by atoms with E-state index < -0.39 is 0 Å². The Hall–Kier alpha value is -1.10. The van der Waals surface area contributed by atoms with Crippen molar-refractivity contribution in [1.29, 1.82) is 0 Å². The second kappa shape index (κ2) is 4.53. The minimum atomic E-state index is -0.277. The van der Waals surface area contributed by atoms with Gasteiger partial charge in [-0.2, -0.15) is 0 Å². The van der Waals surface area contributed by atoms with Gasteiger partial charge in [0, 0.05) is 6.54 Å². The first-order valence-corrected chi connectivity index (χ1v) is 6.47. The van der Waals surface area contributed by atoms with Crippen molar-refractivity contribution in [3.63, 3.8) is 0 Å². The molecule has 18 heavy (non-hydrogen) atoms. The predicted octanol–water partition coefficient (Wildman–Crippen LogP) is 1.44. The Balaban J connectivity index is 2.05. The quantitative estimate of drug-likeness (QED) is 0.836. The highest BCUT2D eigenvalue weighted by Gasteiger charge is 2.46. The van der Waals surface area contributed by atoms with Crippen LogP contribution in [0.25, 0.3) is 0 Å². The Morgan fingerprint density at radius 2 is 2.22 bits per heavy atom. The molecule has 1 spiro atoms. The van der Waals surface area contributed by atoms with Crippen molar-refractivity contribution in [2.75, 3.05) is 31.2 Å². The van der Waals surface area contributed by atoms with Gasteiger partial charge in [0.25, 0.3) is 5.91 Å². The number of halogens is 1. The number of amides is 1. The summed E-state index contributed by atoms with van der Waals surface area (Å²) in [5.41, 5.74) is 0.511. The fourth-order valence-corrected chi connectivity index (χ4v) is 3.01. The van der Waals surface area contributed by atoms with Crippen LogP contribution in [0, 0.1) is 0 Å². The maximum absolute atomic E-state index is 12.2. The number of carbonyl (C=O) groups excluding carboxylic acids is 1. The zero-order valence-electron chi connectivity index (χ0n) is 9.99. The van der Waals surface area contributed by atoms with Crippen LogP contribution in [0.3, 0.4) is 0 Å². The van der Waals surface area contributed by atoms with Gasteiger partial charge in [-0.3, -0.25) is 9.69 Å². The summed E-state index contributed by atoms with van der Waals surface area (Å²) in [7, 11) is 0. The molecular weight excluding hydrogens is 252 g/mol. The van der Waals surface area contributed by atoms with E-state index in [1.165, 1.54) is 0 Å². The zero-order chi connectivity index (χ0) is 12.6. The van der Waals surface area contributed by atoms with Crippen LogP contribution in [0.1, 0.15) is 6.42 Å². The summed E-state index contributed by atoms with van der Waals surface area (Å²) in [6.45, 7) is 2.35. The number of hydrogen-bond acceptors (Lipinski definition) is 3. The summed E-state index contributed by atoms with van der Waals surface area (Å²) in [6.07, 6.45) is 0.893. The highest BCUT2D eigenvalue weighted by molar-refractivity contribution is 6.33. The third kappa shape index (κ3) is 1.81. The summed E-state index contributed by atoms with van der Waals surface area (Å²) in [4.78, 5) is 14.1. The van der Waals surface area contributed by atoms with Crippen molar-refractivity contribution in [3.8, 4) is 0 Å². The second-order valence-electron chi connectivity index (χ2n) is 4.82. The summed E-state index contributed by atoms with van der Waals surface area (Å²) in [5, 5.41) is 3.92. The number of ether oxygens (including phenoxy) is 1. The molecule has 2 fully saturated rings. The first kappa shape index (κ1) is 12.0. The molecule has 1 atom stereocenters. The summed E-state index contributed by atoms with van der Waals surface area (Å²) >= 11 is 6.23. The molecular formula is C13H15ClN2O2. The van der Waals surface area contributed by atoms with Crippen LogP contribution in [-0.2, 0) is 9.53 Å². The molecule has 1 amide bonds. The molecule has 5 heteroatoms. The van der Waals surface area contributed by atoms with E-state index in [-0.39, 0.29) is 18.1 Å². The van der Waals surface area contributed by atoms with E-state index in [4.69, 9.17) is 16.3 Å². The van der Waals surface area contributed by atoms with Gasteiger partial charge in [-0.25, -0.2) is 0 Å². The number of nitrogens with zero attached hydrogens (tertiary/aromatic N) is 1. The largest absolute Gasteiger partial charge is 0.369 e. The monoisotopic (exact) mass is 266 g/mol. The van der Waals surface area contributed by atoms with Gasteiger partial charge in [-0.05, 0) is 25.1 Å². The number of carbonyl (C=O) groups is 1. The molecule has 2 aliphatic heterocycles. The Labute approximate surface area is 111 Å². The van der Waals surface area contributed by atoms with Crippen LogP contribution in [0.5, 0.6) is 0 Å². The van der Waals surface area contributed by atoms with Crippen molar-refractivity contribution < 1.29 is 9.53 Å². The Bertz CT molecular complexity index is 472. The van der Waals surface area contributed by atoms with Crippen LogP contribution in [0.15, 0.2) is 24.3 Å². The van der Waals surface area contributed by atoms with Crippen LogP contribution in [0.2, 0.25) is 5.02 Å². The van der Waals surface area contributed by atoms with E-state index >= 15 is 0 Å². The van der Waals surface area contributed by atoms with Gasteiger partial charge in [0.1, 0.15) is 6.61 Å². The molecule has 2 heterocycles. The molecule has 2 aliphatic rings. The fourth-order valence-electron chi connectivity index (χ4n) is 2.79. The van der Waals surface area contributed by atoms with Crippen molar-refractivity contribution in [3.05, 3.63) is 29.3 Å². The van der Waals surface area contributed by atoms with E-state index in [1.54, 1.807) is 0 Å². The normalized spacial score (nSPS) is 28.1. The van der Waals surface area contributed by atoms with Crippen LogP contribution >= 0.6 is 11.6 Å². The van der Waals surface area contributed by atoms with Gasteiger partial charge in [-0.1, -0.05) is 23.7 Å². The summed E-state index contributed by atoms with van der Waals surface area (Å²) in [6, 6.07) is 7.48. The van der Waals surface area contributed by atoms with Gasteiger partial charge >= 0.3 is 0 Å². The molecule has 3 rings (SSSR count). The third-order valence-corrected chi connectivity index (χ3v) is 3.95. The van der Waals surface area contributed by atoms with Gasteiger partial charge in [0.05, 0.1) is 22.9 Å². The molecule has 0 radical (unpaired) electrons. The Kier molecular flexibility index (Phi) is 3.01. The Morgan fingerprint density at radius 3 is 2.94 bits per heavy atom. The number of rotatable bonds is 1. The minimum absolute atomic E-state index is 0.0157. The van der Waals surface area contributed by atoms with Crippen molar-refractivity contribution in [2.24, 2.45) is 0 Å². The lowest BCUT2D eigenvalue weighted by Gasteiger charge is -2.44. The van der Waals surface area contributed by atoms with Gasteiger partial charge in [0.2, 0.25) is 0 Å². The average molecular weight is 267 g/mol. The smallest absolute Gasteiger partial charge is 0.253 e. The summed E-state index contributed by atoms with van der Waals surface area (Å²) < 4.78 is 5.44. The van der Waals surface area contributed by atoms with Crippen LogP contribution in [0.4, 0.5) is 5.69 Å². The van der Waals surface area contributed by atoms with Gasteiger partial charge in [-0.15, -0.1) is 0 Å². The topological polar surface area (TPSA) is 41.6 Å². The van der Waals surface area contributed by atoms with Crippen molar-refractivity contribution >= 4 is 23.2 Å². The number of nitrogens with one attached hydrogen (secondary N) is 1. The zero-order valence-corrected chi connectivity index (χ0v) is 10.7. The SMILES string of the molecule is O=C1COCC2(CCNC2)N1c1ccccc1Cl. The second-order valence-corrected chi connectivity index (χ2v) is 5.23. The molecule has 1 aromatic rings. The third-order valence-electron chi connectivity index (χ3n) is 3.63. The molecule has 0 bridgehead atoms. The fraction of sp³-hybridized carbons (Fsp3) is 0.462. The first-order chi connectivity index (χ1) is 8.73. The molecule has 1 aromatic carbocycles. The predicted molar refractivity (Wildman–Crippen MR) is 70.0 cm³/mol. The minimum Gasteiger partial charge on any atom is -0.369 e. The lowest BCUT2D eigenvalue weighted by molar-refractivity contribution is -0.129. The molecule has 0 saturated carbocycles. The van der Waals surface area contributed by atoms with E-state index in [0.717, 1.165) is 25.2 Å². The maximum atomic E-state index is 12.2. The van der Waals surface area contributed by atoms with Crippen LogP contribution in [-0.4, -0.2) is 37.7 Å². The molecule has 1 unspecified atom stereocenters. The highest BCUT2D eigenvalue weighted by Crippen LogP contribution is 2.36. The van der Waals surface area contributed by atoms with Crippen molar-refractivity contribution in [2.45, 2.75) is 12.0 Å². The van der Waals surface area contributed by atoms with Gasteiger partial charge < -0.3 is 10.1 Å². The standard InChI is InChI=1S/C13H15ClN2O2/c14-10-3-1-2-4-11(10)16-12(17)7-18-9-13(16)5-6-15-8-13/h1-4,15H,5-9H2. The highest BCUT2D eigenvalue weighted by atomic mass is 35.5. The molecule has 0 aromatic heterocycles. The number of anilines is 1. The maximum Gasteiger partial charge on any atom is 0.253 e. The molecule has 0 aliphatic carbocycles. The first-order valence-electron chi connectivity index (χ1n) is 6.09. The number of para-hydroxylation sites is 1. The summed E-state index contributed by atoms with van der Waals surface area (Å²) in [5.74, 6) is -0.0157. The number of hydrogen-bond donors (Lipinski definition) is 1. The van der Waals surface area contributed by atoms with E-state index in [0.29, 0.717) is 11.6 Å². The molecule has 2 saturated heterocycles. The van der Waals surface area contributed by atoms with E-state index in [2.05, 4.69) is 5.32 Å². The molecule has 1 N–H and O–H groups in total. The van der Waals surface area contributed by atoms with E-state index in [1.807, 2.05) is 29.2 Å². The average Bonchev–Trinajstić information content (AvgIpc) is 2.80. The lowest BCUT2D eigenvalue weighted by atomic mass is 9.94. The lowest BCUT2D eigenvalue weighted by Crippen LogP contribution is -2.61. The number of morpholine rings is 1. The van der Waals surface area contributed by atoms with Crippen LogP contribution < -0.4 is 10.2 Å². The Morgan fingerprint density at radius 1 is 1.39 bits per heavy atom. The molecule has 96 valence electrons.